The molecular formula is C12H9F3O. The molecule has 84 valence electrons. The van der Waals surface area contributed by atoms with Crippen molar-refractivity contribution in [3.63, 3.8) is 0 Å². The number of Topliss-reactive ketones (excluding diaryl/α,β-unsaturated/α-hetero) is 1. The van der Waals surface area contributed by atoms with Gasteiger partial charge in [0.25, 0.3) is 0 Å². The summed E-state index contributed by atoms with van der Waals surface area (Å²) < 4.78 is 37.4. The van der Waals surface area contributed by atoms with E-state index in [0.717, 1.165) is 0 Å². The highest BCUT2D eigenvalue weighted by atomic mass is 19.4. The van der Waals surface area contributed by atoms with E-state index in [0.29, 0.717) is 5.56 Å². The predicted octanol–water partition coefficient (Wildman–Crippen LogP) is 3.62. The first-order valence-electron chi connectivity index (χ1n) is 4.45. The van der Waals surface area contributed by atoms with E-state index in [-0.39, 0.29) is 11.3 Å². The van der Waals surface area contributed by atoms with Crippen molar-refractivity contribution in [3.8, 4) is 0 Å². The zero-order valence-electron chi connectivity index (χ0n) is 8.56. The van der Waals surface area contributed by atoms with Crippen molar-refractivity contribution < 1.29 is 18.0 Å². The molecule has 0 unspecified atom stereocenters. The average Bonchev–Trinajstić information content (AvgIpc) is 2.17. The van der Waals surface area contributed by atoms with E-state index < -0.39 is 11.7 Å². The molecule has 0 saturated heterocycles. The number of ketones is 1. The lowest BCUT2D eigenvalue weighted by molar-refractivity contribution is -0.0687. The van der Waals surface area contributed by atoms with Crippen LogP contribution in [0.25, 0.3) is 5.57 Å². The Labute approximate surface area is 90.9 Å². The van der Waals surface area contributed by atoms with Gasteiger partial charge < -0.3 is 0 Å². The standard InChI is InChI=1S/C12H9F3O/c1-3-11(12(13,14)15)10-6-4-9(5-7-10)8(2)16/h4-7H,1H2,2H3. The Morgan fingerprint density at radius 1 is 1.19 bits per heavy atom. The van der Waals surface area contributed by atoms with Gasteiger partial charge in [-0.3, -0.25) is 4.79 Å². The fourth-order valence-electron chi connectivity index (χ4n) is 1.24. The Balaban J connectivity index is 3.16. The number of halogens is 3. The minimum atomic E-state index is -4.49. The zero-order valence-corrected chi connectivity index (χ0v) is 8.56. The molecule has 0 aliphatic heterocycles. The van der Waals surface area contributed by atoms with E-state index in [1.165, 1.54) is 31.2 Å². The van der Waals surface area contributed by atoms with Crippen molar-refractivity contribution in [2.45, 2.75) is 13.1 Å². The number of alkyl halides is 3. The number of carbonyl (C=O) groups excluding carboxylic acids is 1. The molecular weight excluding hydrogens is 217 g/mol. The van der Waals surface area contributed by atoms with Gasteiger partial charge in [-0.05, 0) is 12.5 Å². The number of hydrogen-bond acceptors (Lipinski definition) is 1. The number of allylic oxidation sites excluding steroid dienone is 1. The molecule has 0 atom stereocenters. The van der Waals surface area contributed by atoms with Gasteiger partial charge in [0.2, 0.25) is 0 Å². The molecule has 0 fully saturated rings. The van der Waals surface area contributed by atoms with Crippen LogP contribution in [0.3, 0.4) is 0 Å². The molecule has 0 aromatic heterocycles. The molecule has 0 aliphatic carbocycles. The van der Waals surface area contributed by atoms with Gasteiger partial charge in [-0.25, -0.2) is 0 Å². The molecule has 0 spiro atoms. The van der Waals surface area contributed by atoms with Gasteiger partial charge in [-0.1, -0.05) is 30.8 Å². The summed E-state index contributed by atoms with van der Waals surface area (Å²) >= 11 is 0. The van der Waals surface area contributed by atoms with Gasteiger partial charge in [0, 0.05) is 5.56 Å². The summed E-state index contributed by atoms with van der Waals surface area (Å²) in [6.45, 7) is 4.36. The summed E-state index contributed by atoms with van der Waals surface area (Å²) in [7, 11) is 0. The van der Waals surface area contributed by atoms with Gasteiger partial charge in [0.05, 0.1) is 0 Å². The van der Waals surface area contributed by atoms with Gasteiger partial charge in [-0.15, -0.1) is 5.73 Å². The normalized spacial score (nSPS) is 10.8. The number of benzene rings is 1. The maximum absolute atomic E-state index is 12.5. The van der Waals surface area contributed by atoms with E-state index in [4.69, 9.17) is 0 Å². The molecule has 16 heavy (non-hydrogen) atoms. The lowest BCUT2D eigenvalue weighted by Gasteiger charge is -2.09. The summed E-state index contributed by atoms with van der Waals surface area (Å²) in [6.07, 6.45) is -4.49. The fourth-order valence-corrected chi connectivity index (χ4v) is 1.24. The molecule has 1 aromatic rings. The van der Waals surface area contributed by atoms with Crippen LogP contribution in [-0.2, 0) is 0 Å². The molecule has 1 rings (SSSR count). The highest BCUT2D eigenvalue weighted by molar-refractivity contribution is 5.94. The molecule has 1 nitrogen and oxygen atoms in total. The summed E-state index contributed by atoms with van der Waals surface area (Å²) in [4.78, 5) is 10.9. The quantitative estimate of drug-likeness (QED) is 0.556. The highest BCUT2D eigenvalue weighted by Crippen LogP contribution is 2.32. The Bertz CT molecular complexity index is 448. The largest absolute Gasteiger partial charge is 0.424 e. The SMILES string of the molecule is C=C=C(c1ccc(C(C)=O)cc1)C(F)(F)F. The van der Waals surface area contributed by atoms with Crippen LogP contribution in [0.4, 0.5) is 13.2 Å². The molecule has 0 radical (unpaired) electrons. The summed E-state index contributed by atoms with van der Waals surface area (Å²) in [5.41, 5.74) is 1.26. The van der Waals surface area contributed by atoms with E-state index in [2.05, 4.69) is 6.58 Å². The molecule has 0 N–H and O–H groups in total. The third-order valence-corrected chi connectivity index (χ3v) is 2.04. The minimum absolute atomic E-state index is 0.0486. The van der Waals surface area contributed by atoms with E-state index >= 15 is 0 Å². The van der Waals surface area contributed by atoms with Crippen LogP contribution in [-0.4, -0.2) is 12.0 Å². The van der Waals surface area contributed by atoms with Crippen LogP contribution in [0, 0.1) is 0 Å². The molecule has 0 heterocycles. The minimum Gasteiger partial charge on any atom is -0.295 e. The number of rotatable bonds is 2. The van der Waals surface area contributed by atoms with Crippen molar-refractivity contribution in [1.82, 2.24) is 0 Å². The second kappa shape index (κ2) is 4.37. The third-order valence-electron chi connectivity index (χ3n) is 2.04. The topological polar surface area (TPSA) is 17.1 Å². The summed E-state index contributed by atoms with van der Waals surface area (Å²) in [6, 6.07) is 5.16. The first-order chi connectivity index (χ1) is 7.36. The molecule has 0 aliphatic rings. The molecule has 0 bridgehead atoms. The summed E-state index contributed by atoms with van der Waals surface area (Å²) in [5, 5.41) is 0. The second-order valence-electron chi connectivity index (χ2n) is 3.18. The predicted molar refractivity (Wildman–Crippen MR) is 55.0 cm³/mol. The van der Waals surface area contributed by atoms with E-state index in [9.17, 15) is 18.0 Å². The van der Waals surface area contributed by atoms with Gasteiger partial charge in [0.1, 0.15) is 5.57 Å². The average molecular weight is 226 g/mol. The Hall–Kier alpha value is -1.80. The number of carbonyl (C=O) groups is 1. The van der Waals surface area contributed by atoms with Gasteiger partial charge in [-0.2, -0.15) is 13.2 Å². The van der Waals surface area contributed by atoms with Crippen LogP contribution in [0.2, 0.25) is 0 Å². The Morgan fingerprint density at radius 3 is 1.94 bits per heavy atom. The zero-order chi connectivity index (χ0) is 12.3. The molecule has 4 heteroatoms. The molecule has 1 aromatic carbocycles. The van der Waals surface area contributed by atoms with Crippen molar-refractivity contribution in [1.29, 1.82) is 0 Å². The third kappa shape index (κ3) is 2.61. The van der Waals surface area contributed by atoms with Crippen molar-refractivity contribution >= 4 is 11.4 Å². The first-order valence-corrected chi connectivity index (χ1v) is 4.45. The van der Waals surface area contributed by atoms with Gasteiger partial charge >= 0.3 is 6.18 Å². The van der Waals surface area contributed by atoms with Crippen molar-refractivity contribution in [2.75, 3.05) is 0 Å². The molecule has 0 saturated carbocycles. The van der Waals surface area contributed by atoms with Crippen LogP contribution in [0.15, 0.2) is 36.6 Å². The van der Waals surface area contributed by atoms with Gasteiger partial charge in [0.15, 0.2) is 5.78 Å². The van der Waals surface area contributed by atoms with Crippen LogP contribution in [0.1, 0.15) is 22.8 Å². The lowest BCUT2D eigenvalue weighted by Crippen LogP contribution is -2.10. The maximum Gasteiger partial charge on any atom is 0.424 e. The maximum atomic E-state index is 12.5. The monoisotopic (exact) mass is 226 g/mol. The highest BCUT2D eigenvalue weighted by Gasteiger charge is 2.34. The fraction of sp³-hybridized carbons (Fsp3) is 0.167. The second-order valence-corrected chi connectivity index (χ2v) is 3.18. The lowest BCUT2D eigenvalue weighted by atomic mass is 10.0. The first kappa shape index (κ1) is 12.3. The van der Waals surface area contributed by atoms with E-state index in [1.807, 2.05) is 5.73 Å². The van der Waals surface area contributed by atoms with Crippen molar-refractivity contribution in [2.24, 2.45) is 0 Å². The Morgan fingerprint density at radius 2 is 1.62 bits per heavy atom. The van der Waals surface area contributed by atoms with Crippen LogP contribution < -0.4 is 0 Å². The van der Waals surface area contributed by atoms with Crippen LogP contribution in [0.5, 0.6) is 0 Å². The van der Waals surface area contributed by atoms with E-state index in [1.54, 1.807) is 0 Å². The summed E-state index contributed by atoms with van der Waals surface area (Å²) in [5.74, 6) is -0.192. The number of hydrogen-bond donors (Lipinski definition) is 0. The molecule has 0 amide bonds. The smallest absolute Gasteiger partial charge is 0.295 e. The van der Waals surface area contributed by atoms with Crippen LogP contribution >= 0.6 is 0 Å². The van der Waals surface area contributed by atoms with Crippen molar-refractivity contribution in [3.05, 3.63) is 47.7 Å². The Kier molecular flexibility index (Phi) is 3.35.